The second-order valence-corrected chi connectivity index (χ2v) is 7.58. The summed E-state index contributed by atoms with van der Waals surface area (Å²) in [4.78, 5) is 17.3. The van der Waals surface area contributed by atoms with Gasteiger partial charge in [-0.1, -0.05) is 48.2 Å². The molecule has 4 nitrogen and oxygen atoms in total. The predicted octanol–water partition coefficient (Wildman–Crippen LogP) is 3.59. The maximum atomic E-state index is 14.6. The first-order valence-electron chi connectivity index (χ1n) is 8.56. The number of carbonyl (C=O) groups is 1. The number of aliphatic imine (C=N–C) groups is 1. The van der Waals surface area contributed by atoms with Gasteiger partial charge < -0.3 is 10.1 Å². The van der Waals surface area contributed by atoms with Crippen LogP contribution in [-0.2, 0) is 10.3 Å². The number of thioether (sulfide) groups is 1. The van der Waals surface area contributed by atoms with E-state index in [2.05, 4.69) is 5.32 Å². The van der Waals surface area contributed by atoms with Crippen LogP contribution >= 0.6 is 11.8 Å². The smallest absolute Gasteiger partial charge is 0.257 e. The second kappa shape index (κ2) is 6.85. The minimum atomic E-state index is -0.796. The van der Waals surface area contributed by atoms with Crippen molar-refractivity contribution in [3.63, 3.8) is 0 Å². The molecule has 1 N–H and O–H groups in total. The van der Waals surface area contributed by atoms with E-state index in [1.165, 1.54) is 17.8 Å². The van der Waals surface area contributed by atoms with Crippen LogP contribution in [0, 0.1) is 11.7 Å². The second-order valence-electron chi connectivity index (χ2n) is 6.57. The van der Waals surface area contributed by atoms with Crippen molar-refractivity contribution in [2.45, 2.75) is 18.6 Å². The Morgan fingerprint density at radius 3 is 2.73 bits per heavy atom. The Morgan fingerprint density at radius 1 is 1.23 bits per heavy atom. The van der Waals surface area contributed by atoms with Crippen molar-refractivity contribution in [2.75, 3.05) is 12.4 Å². The lowest BCUT2D eigenvalue weighted by Crippen LogP contribution is -2.44. The van der Waals surface area contributed by atoms with Crippen molar-refractivity contribution in [1.29, 1.82) is 0 Å². The number of nitrogens with one attached hydrogen (secondary N) is 1. The summed E-state index contributed by atoms with van der Waals surface area (Å²) in [7, 11) is 0. The maximum absolute atomic E-state index is 14.6. The van der Waals surface area contributed by atoms with E-state index in [-0.39, 0.29) is 23.7 Å². The average Bonchev–Trinajstić information content (AvgIpc) is 3.00. The number of benzene rings is 2. The number of fused-ring (bicyclic) bond motifs is 1. The van der Waals surface area contributed by atoms with E-state index in [9.17, 15) is 9.18 Å². The number of carbonyl (C=O) groups excluding carboxylic acids is 1. The van der Waals surface area contributed by atoms with Gasteiger partial charge in [0.25, 0.3) is 5.91 Å². The molecule has 0 aliphatic carbocycles. The van der Waals surface area contributed by atoms with Crippen LogP contribution in [0.4, 0.5) is 4.39 Å². The first kappa shape index (κ1) is 17.2. The average molecular weight is 370 g/mol. The van der Waals surface area contributed by atoms with Crippen LogP contribution in [0.5, 0.6) is 0 Å². The Labute approximate surface area is 155 Å². The highest BCUT2D eigenvalue weighted by Crippen LogP contribution is 2.48. The predicted molar refractivity (Wildman–Crippen MR) is 101 cm³/mol. The Morgan fingerprint density at radius 2 is 1.96 bits per heavy atom. The van der Waals surface area contributed by atoms with Crippen LogP contribution < -0.4 is 5.32 Å². The molecule has 2 aliphatic heterocycles. The Kier molecular flexibility index (Phi) is 4.54. The number of hydrogen-bond donors (Lipinski definition) is 1. The molecule has 3 unspecified atom stereocenters. The Balaban J connectivity index is 1.70. The number of hydrogen-bond acceptors (Lipinski definition) is 4. The summed E-state index contributed by atoms with van der Waals surface area (Å²) in [5.41, 5.74) is 0.296. The summed E-state index contributed by atoms with van der Waals surface area (Å²) in [6, 6.07) is 15.7. The molecule has 0 saturated carbocycles. The molecule has 1 saturated heterocycles. The van der Waals surface area contributed by atoms with Gasteiger partial charge in [0.15, 0.2) is 5.17 Å². The molecule has 26 heavy (non-hydrogen) atoms. The van der Waals surface area contributed by atoms with E-state index in [0.717, 1.165) is 0 Å². The fraction of sp³-hybridized carbons (Fsp3) is 0.300. The molecule has 0 bridgehead atoms. The third-order valence-corrected chi connectivity index (χ3v) is 6.04. The zero-order chi connectivity index (χ0) is 18.1. The van der Waals surface area contributed by atoms with Crippen LogP contribution in [-0.4, -0.2) is 29.5 Å². The van der Waals surface area contributed by atoms with Crippen molar-refractivity contribution in [3.05, 3.63) is 71.5 Å². The maximum Gasteiger partial charge on any atom is 0.257 e. The molecular formula is C20H19FN2O2S. The van der Waals surface area contributed by atoms with Gasteiger partial charge >= 0.3 is 0 Å². The molecule has 3 atom stereocenters. The van der Waals surface area contributed by atoms with Gasteiger partial charge in [0.1, 0.15) is 11.4 Å². The van der Waals surface area contributed by atoms with Crippen molar-refractivity contribution in [1.82, 2.24) is 5.32 Å². The molecule has 6 heteroatoms. The Bertz CT molecular complexity index is 858. The lowest BCUT2D eigenvalue weighted by Gasteiger charge is -2.36. The third kappa shape index (κ3) is 2.93. The van der Waals surface area contributed by atoms with Crippen molar-refractivity contribution in [3.8, 4) is 0 Å². The molecule has 0 spiro atoms. The largest absolute Gasteiger partial charge is 0.375 e. The van der Waals surface area contributed by atoms with Gasteiger partial charge in [-0.25, -0.2) is 9.38 Å². The van der Waals surface area contributed by atoms with Gasteiger partial charge in [0.2, 0.25) is 0 Å². The van der Waals surface area contributed by atoms with Gasteiger partial charge in [-0.2, -0.15) is 0 Å². The molecule has 2 heterocycles. The van der Waals surface area contributed by atoms with E-state index >= 15 is 0 Å². The van der Waals surface area contributed by atoms with Crippen molar-refractivity contribution in [2.24, 2.45) is 10.9 Å². The Hall–Kier alpha value is -2.18. The molecule has 0 aromatic heterocycles. The van der Waals surface area contributed by atoms with Gasteiger partial charge in [-0.3, -0.25) is 4.79 Å². The van der Waals surface area contributed by atoms with Gasteiger partial charge in [0, 0.05) is 22.8 Å². The van der Waals surface area contributed by atoms with Crippen LogP contribution in [0.15, 0.2) is 59.6 Å². The highest BCUT2D eigenvalue weighted by atomic mass is 32.2. The molecule has 2 aromatic rings. The minimum Gasteiger partial charge on any atom is -0.375 e. The highest BCUT2D eigenvalue weighted by Gasteiger charge is 2.52. The monoisotopic (exact) mass is 370 g/mol. The fourth-order valence-corrected chi connectivity index (χ4v) is 4.89. The van der Waals surface area contributed by atoms with E-state index in [1.54, 1.807) is 24.3 Å². The molecule has 2 aliphatic rings. The van der Waals surface area contributed by atoms with Gasteiger partial charge in [-0.15, -0.1) is 0 Å². The highest BCUT2D eigenvalue weighted by molar-refractivity contribution is 8.13. The van der Waals surface area contributed by atoms with E-state index in [1.807, 2.05) is 31.2 Å². The topological polar surface area (TPSA) is 50.7 Å². The van der Waals surface area contributed by atoms with Crippen LogP contribution in [0.3, 0.4) is 0 Å². The van der Waals surface area contributed by atoms with E-state index in [0.29, 0.717) is 28.7 Å². The van der Waals surface area contributed by atoms with E-state index in [4.69, 9.17) is 9.73 Å². The summed E-state index contributed by atoms with van der Waals surface area (Å²) in [5, 5.41) is 3.38. The normalized spacial score (nSPS) is 27.5. The van der Waals surface area contributed by atoms with Crippen molar-refractivity contribution < 1.29 is 13.9 Å². The summed E-state index contributed by atoms with van der Waals surface area (Å²) in [6.07, 6.45) is -0.0165. The SMILES string of the molecule is CC1OCC2(c3ccccc3F)N=C(NC(=O)c3ccccc3)SCC12. The lowest BCUT2D eigenvalue weighted by atomic mass is 9.79. The van der Waals surface area contributed by atoms with Crippen LogP contribution in [0.2, 0.25) is 0 Å². The number of amidine groups is 1. The summed E-state index contributed by atoms with van der Waals surface area (Å²) < 4.78 is 20.4. The number of rotatable bonds is 2. The van der Waals surface area contributed by atoms with Gasteiger partial charge in [-0.05, 0) is 25.1 Å². The third-order valence-electron chi connectivity index (χ3n) is 5.04. The quantitative estimate of drug-likeness (QED) is 0.879. The molecule has 4 rings (SSSR count). The minimum absolute atomic E-state index is 0.0165. The number of amides is 1. The number of halogens is 1. The number of ether oxygens (including phenoxy) is 1. The summed E-state index contributed by atoms with van der Waals surface area (Å²) in [5.74, 6) is 0.260. The molecule has 134 valence electrons. The van der Waals surface area contributed by atoms with Gasteiger partial charge in [0.05, 0.1) is 12.7 Å². The number of nitrogens with zero attached hydrogens (tertiary/aromatic N) is 1. The lowest BCUT2D eigenvalue weighted by molar-refractivity contribution is 0.0977. The zero-order valence-corrected chi connectivity index (χ0v) is 15.1. The first-order valence-corrected chi connectivity index (χ1v) is 9.54. The standard InChI is InChI=1S/C20H19FN2O2S/c1-13-16-11-26-19(22-18(24)14-7-3-2-4-8-14)23-20(16,12-25-13)15-9-5-6-10-17(15)21/h2-10,13,16H,11-12H2,1H3,(H,22,23,24). The summed E-state index contributed by atoms with van der Waals surface area (Å²) in [6.45, 7) is 2.31. The molecular weight excluding hydrogens is 351 g/mol. The van der Waals surface area contributed by atoms with Crippen molar-refractivity contribution >= 4 is 22.8 Å². The first-order chi connectivity index (χ1) is 12.6. The molecule has 1 amide bonds. The fourth-order valence-electron chi connectivity index (χ4n) is 3.61. The molecule has 2 aromatic carbocycles. The van der Waals surface area contributed by atoms with Crippen LogP contribution in [0.1, 0.15) is 22.8 Å². The van der Waals surface area contributed by atoms with Crippen LogP contribution in [0.25, 0.3) is 0 Å². The molecule has 0 radical (unpaired) electrons. The van der Waals surface area contributed by atoms with E-state index < -0.39 is 5.54 Å². The zero-order valence-electron chi connectivity index (χ0n) is 14.3. The summed E-state index contributed by atoms with van der Waals surface area (Å²) >= 11 is 1.48. The molecule has 1 fully saturated rings.